The van der Waals surface area contributed by atoms with Gasteiger partial charge in [-0.1, -0.05) is 0 Å². The Morgan fingerprint density at radius 2 is 2.12 bits per heavy atom. The quantitative estimate of drug-likeness (QED) is 0.830. The molecule has 0 saturated heterocycles. The maximum Gasteiger partial charge on any atom is 0.260 e. The number of amides is 1. The van der Waals surface area contributed by atoms with Crippen molar-refractivity contribution < 1.29 is 9.21 Å². The van der Waals surface area contributed by atoms with Gasteiger partial charge in [0.25, 0.3) is 5.91 Å². The average molecular weight is 360 g/mol. The van der Waals surface area contributed by atoms with Crippen LogP contribution < -0.4 is 5.32 Å². The van der Waals surface area contributed by atoms with E-state index < -0.39 is 0 Å². The van der Waals surface area contributed by atoms with Crippen LogP contribution in [0.5, 0.6) is 0 Å². The molecule has 0 fully saturated rings. The number of aryl methyl sites for hydroxylation is 1. The van der Waals surface area contributed by atoms with E-state index in [1.54, 1.807) is 18.2 Å². The molecule has 0 aromatic carbocycles. The zero-order valence-corrected chi connectivity index (χ0v) is 12.0. The monoisotopic (exact) mass is 358 g/mol. The fourth-order valence-electron chi connectivity index (χ4n) is 1.31. The minimum atomic E-state index is -0.238. The molecule has 0 atom stereocenters. The molecule has 0 saturated carbocycles. The third-order valence-electron chi connectivity index (χ3n) is 2.16. The third-order valence-corrected chi connectivity index (χ3v) is 3.22. The molecule has 2 aromatic rings. The lowest BCUT2D eigenvalue weighted by molar-refractivity contribution is 0.102. The minimum Gasteiger partial charge on any atom is -0.457 e. The van der Waals surface area contributed by atoms with Gasteiger partial charge in [0.05, 0.1) is 23.2 Å². The van der Waals surface area contributed by atoms with Crippen LogP contribution in [0.15, 0.2) is 38.2 Å². The normalized spacial score (nSPS) is 10.3. The summed E-state index contributed by atoms with van der Waals surface area (Å²) in [6.45, 7) is 1.82. The summed E-state index contributed by atoms with van der Waals surface area (Å²) in [6.07, 6.45) is 1.45. The first-order valence-corrected chi connectivity index (χ1v) is 6.34. The smallest absolute Gasteiger partial charge is 0.260 e. The Morgan fingerprint density at radius 3 is 2.71 bits per heavy atom. The van der Waals surface area contributed by atoms with Gasteiger partial charge in [-0.15, -0.1) is 0 Å². The van der Waals surface area contributed by atoms with E-state index in [0.29, 0.717) is 15.9 Å². The predicted molar refractivity (Wildman–Crippen MR) is 71.0 cm³/mol. The number of nitrogens with one attached hydrogen (secondary N) is 1. The highest BCUT2D eigenvalue weighted by Crippen LogP contribution is 2.21. The second-order valence-electron chi connectivity index (χ2n) is 3.33. The first kappa shape index (κ1) is 12.3. The van der Waals surface area contributed by atoms with E-state index >= 15 is 0 Å². The van der Waals surface area contributed by atoms with Crippen LogP contribution >= 0.6 is 31.9 Å². The Bertz CT molecular complexity index is 566. The summed E-state index contributed by atoms with van der Waals surface area (Å²) in [6, 6.07) is 5.16. The van der Waals surface area contributed by atoms with Gasteiger partial charge in [0.2, 0.25) is 0 Å². The number of carbonyl (C=O) groups is 1. The SMILES string of the molecule is Cc1nc(Br)ccc1NC(=O)c1ccoc1Br. The molecular formula is C11H8Br2N2O2. The number of carbonyl (C=O) groups excluding carboxylic acids is 1. The molecule has 1 amide bonds. The van der Waals surface area contributed by atoms with E-state index in [4.69, 9.17) is 4.42 Å². The maximum absolute atomic E-state index is 11.9. The van der Waals surface area contributed by atoms with Crippen LogP contribution in [0, 0.1) is 6.92 Å². The fourth-order valence-corrected chi connectivity index (χ4v) is 2.13. The number of pyridine rings is 1. The molecule has 2 heterocycles. The lowest BCUT2D eigenvalue weighted by Gasteiger charge is -2.06. The Kier molecular flexibility index (Phi) is 3.63. The Labute approximate surface area is 115 Å². The summed E-state index contributed by atoms with van der Waals surface area (Å²) in [5, 5.41) is 2.77. The molecule has 0 bridgehead atoms. The number of hydrogen-bond donors (Lipinski definition) is 1. The fraction of sp³-hybridized carbons (Fsp3) is 0.0909. The van der Waals surface area contributed by atoms with E-state index in [1.165, 1.54) is 6.26 Å². The topological polar surface area (TPSA) is 55.1 Å². The van der Waals surface area contributed by atoms with Gasteiger partial charge >= 0.3 is 0 Å². The second-order valence-corrected chi connectivity index (χ2v) is 4.86. The highest BCUT2D eigenvalue weighted by Gasteiger charge is 2.13. The molecule has 0 aliphatic heterocycles. The maximum atomic E-state index is 11.9. The zero-order valence-electron chi connectivity index (χ0n) is 8.83. The van der Waals surface area contributed by atoms with Crippen LogP contribution in [0.2, 0.25) is 0 Å². The van der Waals surface area contributed by atoms with Crippen molar-refractivity contribution in [2.75, 3.05) is 5.32 Å². The van der Waals surface area contributed by atoms with Crippen LogP contribution in [0.1, 0.15) is 16.1 Å². The average Bonchev–Trinajstić information content (AvgIpc) is 2.68. The van der Waals surface area contributed by atoms with Crippen LogP contribution in [0.3, 0.4) is 0 Å². The van der Waals surface area contributed by atoms with Crippen LogP contribution in [0.4, 0.5) is 5.69 Å². The largest absolute Gasteiger partial charge is 0.457 e. The predicted octanol–water partition coefficient (Wildman–Crippen LogP) is 3.76. The first-order chi connectivity index (χ1) is 8.08. The summed E-state index contributed by atoms with van der Waals surface area (Å²) in [5.41, 5.74) is 1.87. The highest BCUT2D eigenvalue weighted by molar-refractivity contribution is 9.10. The Hall–Kier alpha value is -1.14. The van der Waals surface area contributed by atoms with Crippen molar-refractivity contribution in [3.05, 3.63) is 45.0 Å². The molecule has 0 spiro atoms. The molecule has 17 heavy (non-hydrogen) atoms. The Balaban J connectivity index is 2.22. The lowest BCUT2D eigenvalue weighted by Crippen LogP contribution is -2.12. The number of hydrogen-bond acceptors (Lipinski definition) is 3. The van der Waals surface area contributed by atoms with Crippen molar-refractivity contribution in [3.63, 3.8) is 0 Å². The van der Waals surface area contributed by atoms with Crippen molar-refractivity contribution in [1.82, 2.24) is 4.98 Å². The third kappa shape index (κ3) is 2.76. The number of rotatable bonds is 2. The minimum absolute atomic E-state index is 0.238. The van der Waals surface area contributed by atoms with Gasteiger partial charge in [0, 0.05) is 0 Å². The van der Waals surface area contributed by atoms with Crippen molar-refractivity contribution in [2.45, 2.75) is 6.92 Å². The molecule has 88 valence electrons. The molecule has 0 unspecified atom stereocenters. The summed E-state index contributed by atoms with van der Waals surface area (Å²) < 4.78 is 6.15. The molecule has 4 nitrogen and oxygen atoms in total. The number of furan rings is 1. The number of aromatic nitrogens is 1. The van der Waals surface area contributed by atoms with Crippen molar-refractivity contribution in [1.29, 1.82) is 0 Å². The first-order valence-electron chi connectivity index (χ1n) is 4.75. The van der Waals surface area contributed by atoms with Gasteiger partial charge < -0.3 is 9.73 Å². The van der Waals surface area contributed by atoms with Gasteiger partial charge in [-0.05, 0) is 57.0 Å². The molecule has 2 aromatic heterocycles. The summed E-state index contributed by atoms with van der Waals surface area (Å²) in [7, 11) is 0. The highest BCUT2D eigenvalue weighted by atomic mass is 79.9. The molecule has 6 heteroatoms. The van der Waals surface area contributed by atoms with Gasteiger partial charge in [0.15, 0.2) is 4.67 Å². The molecule has 2 rings (SSSR count). The summed E-state index contributed by atoms with van der Waals surface area (Å²) in [4.78, 5) is 16.1. The molecule has 1 N–H and O–H groups in total. The van der Waals surface area contributed by atoms with Crippen molar-refractivity contribution >= 4 is 43.5 Å². The van der Waals surface area contributed by atoms with Gasteiger partial charge in [-0.2, -0.15) is 0 Å². The summed E-state index contributed by atoms with van der Waals surface area (Å²) >= 11 is 6.43. The number of nitrogens with zero attached hydrogens (tertiary/aromatic N) is 1. The molecule has 0 radical (unpaired) electrons. The van der Waals surface area contributed by atoms with E-state index in [2.05, 4.69) is 42.2 Å². The molecular weight excluding hydrogens is 352 g/mol. The van der Waals surface area contributed by atoms with Crippen LogP contribution in [0.25, 0.3) is 0 Å². The van der Waals surface area contributed by atoms with Crippen LogP contribution in [-0.2, 0) is 0 Å². The number of anilines is 1. The second kappa shape index (κ2) is 5.01. The molecule has 0 aliphatic carbocycles. The summed E-state index contributed by atoms with van der Waals surface area (Å²) in [5.74, 6) is -0.238. The molecule has 0 aliphatic rings. The zero-order chi connectivity index (χ0) is 12.4. The van der Waals surface area contributed by atoms with Gasteiger partial charge in [-0.3, -0.25) is 4.79 Å². The number of halogens is 2. The van der Waals surface area contributed by atoms with Gasteiger partial charge in [-0.25, -0.2) is 4.98 Å². The standard InChI is InChI=1S/C11H8Br2N2O2/c1-6-8(2-3-9(12)14-6)15-11(16)7-4-5-17-10(7)13/h2-5H,1H3,(H,15,16). The van der Waals surface area contributed by atoms with Gasteiger partial charge in [0.1, 0.15) is 4.60 Å². The van der Waals surface area contributed by atoms with E-state index in [-0.39, 0.29) is 5.91 Å². The van der Waals surface area contributed by atoms with E-state index in [9.17, 15) is 4.79 Å². The van der Waals surface area contributed by atoms with E-state index in [0.717, 1.165) is 10.3 Å². The lowest BCUT2D eigenvalue weighted by atomic mass is 10.2. The van der Waals surface area contributed by atoms with Crippen molar-refractivity contribution in [3.8, 4) is 0 Å². The van der Waals surface area contributed by atoms with Crippen molar-refractivity contribution in [2.24, 2.45) is 0 Å². The van der Waals surface area contributed by atoms with Crippen LogP contribution in [-0.4, -0.2) is 10.9 Å². The Morgan fingerprint density at radius 1 is 1.35 bits per heavy atom. The van der Waals surface area contributed by atoms with E-state index in [1.807, 2.05) is 6.92 Å².